The molecule has 3 nitrogen and oxygen atoms in total. The first-order valence-electron chi connectivity index (χ1n) is 3.25. The number of hydrogen-bond acceptors (Lipinski definition) is 2. The molecule has 1 aromatic rings. The van der Waals surface area contributed by atoms with E-state index in [1.807, 2.05) is 0 Å². The molecule has 70 valence electrons. The maximum absolute atomic E-state index is 12.9. The van der Waals surface area contributed by atoms with Crippen molar-refractivity contribution >= 4 is 21.6 Å². The first-order chi connectivity index (χ1) is 6.07. The molecule has 0 saturated heterocycles. The van der Waals surface area contributed by atoms with E-state index in [1.54, 1.807) is 0 Å². The minimum Gasteiger partial charge on any atom is -0.258 e. The van der Waals surface area contributed by atoms with Crippen molar-refractivity contribution in [2.75, 3.05) is 0 Å². The molecule has 13 heavy (non-hydrogen) atoms. The van der Waals surface area contributed by atoms with Crippen molar-refractivity contribution in [3.05, 3.63) is 39.4 Å². The van der Waals surface area contributed by atoms with Crippen LogP contribution >= 0.6 is 15.9 Å². The molecular weight excluding hydrogens is 248 g/mol. The molecule has 0 N–H and O–H groups in total. The molecule has 0 aliphatic heterocycles. The summed E-state index contributed by atoms with van der Waals surface area (Å²) in [5.41, 5.74) is -0.694. The summed E-state index contributed by atoms with van der Waals surface area (Å²) in [6.45, 7) is 0. The summed E-state index contributed by atoms with van der Waals surface area (Å²) < 4.78 is 25.4. The SMILES string of the molecule is O=[N+]([O-])c1c(CBr)ccc(F)c1F. The van der Waals surface area contributed by atoms with E-state index in [9.17, 15) is 18.9 Å². The van der Waals surface area contributed by atoms with Crippen LogP contribution < -0.4 is 0 Å². The molecule has 0 saturated carbocycles. The topological polar surface area (TPSA) is 43.1 Å². The van der Waals surface area contributed by atoms with Gasteiger partial charge in [-0.05, 0) is 12.1 Å². The zero-order valence-corrected chi connectivity index (χ0v) is 7.85. The second-order valence-corrected chi connectivity index (χ2v) is 2.82. The van der Waals surface area contributed by atoms with Gasteiger partial charge in [0.15, 0.2) is 5.82 Å². The monoisotopic (exact) mass is 251 g/mol. The fourth-order valence-electron chi connectivity index (χ4n) is 0.885. The highest BCUT2D eigenvalue weighted by Gasteiger charge is 2.22. The Morgan fingerprint density at radius 3 is 2.54 bits per heavy atom. The van der Waals surface area contributed by atoms with Crippen molar-refractivity contribution in [1.82, 2.24) is 0 Å². The van der Waals surface area contributed by atoms with E-state index in [4.69, 9.17) is 0 Å². The van der Waals surface area contributed by atoms with Gasteiger partial charge >= 0.3 is 5.69 Å². The summed E-state index contributed by atoms with van der Waals surface area (Å²) in [7, 11) is 0. The number of nitrogens with zero attached hydrogens (tertiary/aromatic N) is 1. The van der Waals surface area contributed by atoms with Crippen LogP contribution in [-0.2, 0) is 5.33 Å². The number of alkyl halides is 1. The van der Waals surface area contributed by atoms with Gasteiger partial charge in [0.1, 0.15) is 0 Å². The molecule has 0 aromatic heterocycles. The molecule has 0 aliphatic carbocycles. The van der Waals surface area contributed by atoms with Crippen molar-refractivity contribution in [3.63, 3.8) is 0 Å². The molecule has 0 bridgehead atoms. The molecule has 0 atom stereocenters. The van der Waals surface area contributed by atoms with Crippen LogP contribution in [0.5, 0.6) is 0 Å². The molecule has 0 unspecified atom stereocenters. The lowest BCUT2D eigenvalue weighted by molar-refractivity contribution is -0.388. The van der Waals surface area contributed by atoms with Crippen LogP contribution in [0.25, 0.3) is 0 Å². The Kier molecular flexibility index (Phi) is 2.92. The Morgan fingerprint density at radius 1 is 1.46 bits per heavy atom. The van der Waals surface area contributed by atoms with Gasteiger partial charge in [0.05, 0.1) is 4.92 Å². The molecule has 0 spiro atoms. The van der Waals surface area contributed by atoms with Gasteiger partial charge in [-0.25, -0.2) is 4.39 Å². The van der Waals surface area contributed by atoms with Crippen LogP contribution in [0, 0.1) is 21.7 Å². The Bertz CT molecular complexity index is 357. The van der Waals surface area contributed by atoms with E-state index in [0.717, 1.165) is 6.07 Å². The van der Waals surface area contributed by atoms with Gasteiger partial charge < -0.3 is 0 Å². The average molecular weight is 252 g/mol. The molecule has 0 radical (unpaired) electrons. The van der Waals surface area contributed by atoms with Gasteiger partial charge in [0.2, 0.25) is 5.82 Å². The van der Waals surface area contributed by atoms with Gasteiger partial charge in [0.25, 0.3) is 0 Å². The van der Waals surface area contributed by atoms with E-state index >= 15 is 0 Å². The van der Waals surface area contributed by atoms with E-state index < -0.39 is 22.2 Å². The lowest BCUT2D eigenvalue weighted by atomic mass is 10.2. The Balaban J connectivity index is 3.41. The van der Waals surface area contributed by atoms with E-state index in [0.29, 0.717) is 0 Å². The third-order valence-electron chi connectivity index (χ3n) is 1.48. The number of benzene rings is 1. The normalized spacial score (nSPS) is 10.1. The minimum atomic E-state index is -1.41. The lowest BCUT2D eigenvalue weighted by Crippen LogP contribution is -1.99. The molecular formula is C7H4BrF2NO2. The van der Waals surface area contributed by atoms with Gasteiger partial charge in [-0.2, -0.15) is 4.39 Å². The van der Waals surface area contributed by atoms with Crippen LogP contribution in [0.2, 0.25) is 0 Å². The number of rotatable bonds is 2. The number of nitro benzene ring substituents is 1. The predicted molar refractivity (Wildman–Crippen MR) is 45.6 cm³/mol. The van der Waals surface area contributed by atoms with Gasteiger partial charge in [-0.3, -0.25) is 10.1 Å². The first-order valence-corrected chi connectivity index (χ1v) is 4.37. The van der Waals surface area contributed by atoms with Crippen molar-refractivity contribution in [2.24, 2.45) is 0 Å². The molecule has 0 amide bonds. The first kappa shape index (κ1) is 10.0. The summed E-state index contributed by atoms with van der Waals surface area (Å²) in [5.74, 6) is -2.63. The smallest absolute Gasteiger partial charge is 0.258 e. The summed E-state index contributed by atoms with van der Waals surface area (Å²) in [5, 5.41) is 10.4. The van der Waals surface area contributed by atoms with Crippen LogP contribution in [0.1, 0.15) is 5.56 Å². The fraction of sp³-hybridized carbons (Fsp3) is 0.143. The van der Waals surface area contributed by atoms with Crippen molar-refractivity contribution in [2.45, 2.75) is 5.33 Å². The summed E-state index contributed by atoms with van der Waals surface area (Å²) in [6, 6.07) is 2.03. The third-order valence-corrected chi connectivity index (χ3v) is 2.08. The fourth-order valence-corrected chi connectivity index (χ4v) is 1.34. The largest absolute Gasteiger partial charge is 0.311 e. The molecule has 0 aliphatic rings. The maximum Gasteiger partial charge on any atom is 0.311 e. The molecule has 1 aromatic carbocycles. The van der Waals surface area contributed by atoms with E-state index in [-0.39, 0.29) is 10.9 Å². The quantitative estimate of drug-likeness (QED) is 0.461. The average Bonchev–Trinajstić information content (AvgIpc) is 2.08. The number of halogens is 3. The van der Waals surface area contributed by atoms with Gasteiger partial charge in [-0.1, -0.05) is 15.9 Å². The zero-order valence-electron chi connectivity index (χ0n) is 6.26. The third kappa shape index (κ3) is 1.82. The Morgan fingerprint density at radius 2 is 2.08 bits per heavy atom. The standard InChI is InChI=1S/C7H4BrF2NO2/c8-3-4-1-2-5(9)6(10)7(4)11(12)13/h1-2H,3H2. The van der Waals surface area contributed by atoms with Crippen LogP contribution in [0.3, 0.4) is 0 Å². The second kappa shape index (κ2) is 3.78. The van der Waals surface area contributed by atoms with E-state index in [2.05, 4.69) is 15.9 Å². The van der Waals surface area contributed by atoms with Gasteiger partial charge in [0, 0.05) is 10.9 Å². The van der Waals surface area contributed by atoms with Crippen LogP contribution in [0.4, 0.5) is 14.5 Å². The lowest BCUT2D eigenvalue weighted by Gasteiger charge is -1.99. The van der Waals surface area contributed by atoms with Crippen molar-refractivity contribution in [1.29, 1.82) is 0 Å². The second-order valence-electron chi connectivity index (χ2n) is 2.26. The molecule has 6 heteroatoms. The highest BCUT2D eigenvalue weighted by molar-refractivity contribution is 9.08. The Labute approximate surface area is 80.6 Å². The zero-order chi connectivity index (χ0) is 10.0. The number of nitro groups is 1. The van der Waals surface area contributed by atoms with E-state index in [1.165, 1.54) is 6.07 Å². The van der Waals surface area contributed by atoms with Crippen LogP contribution in [-0.4, -0.2) is 4.92 Å². The van der Waals surface area contributed by atoms with Crippen molar-refractivity contribution < 1.29 is 13.7 Å². The maximum atomic E-state index is 12.9. The Hall–Kier alpha value is -1.04. The van der Waals surface area contributed by atoms with Gasteiger partial charge in [-0.15, -0.1) is 0 Å². The summed E-state index contributed by atoms with van der Waals surface area (Å²) in [6.07, 6.45) is 0. The molecule has 0 heterocycles. The minimum absolute atomic E-state index is 0.112. The molecule has 0 fully saturated rings. The molecule has 1 rings (SSSR count). The van der Waals surface area contributed by atoms with Crippen molar-refractivity contribution in [3.8, 4) is 0 Å². The van der Waals surface area contributed by atoms with Crippen LogP contribution in [0.15, 0.2) is 12.1 Å². The highest BCUT2D eigenvalue weighted by atomic mass is 79.9. The number of hydrogen-bond donors (Lipinski definition) is 0. The summed E-state index contributed by atoms with van der Waals surface area (Å²) >= 11 is 2.94. The highest BCUT2D eigenvalue weighted by Crippen LogP contribution is 2.26. The predicted octanol–water partition coefficient (Wildman–Crippen LogP) is 2.77. The summed E-state index contributed by atoms with van der Waals surface area (Å²) in [4.78, 5) is 9.40.